The number of likely N-dealkylation sites (tertiary alicyclic amines) is 1. The van der Waals surface area contributed by atoms with Gasteiger partial charge in [0.15, 0.2) is 0 Å². The zero-order valence-corrected chi connectivity index (χ0v) is 7.83. The van der Waals surface area contributed by atoms with Crippen LogP contribution in [0.5, 0.6) is 0 Å². The van der Waals surface area contributed by atoms with Gasteiger partial charge in [0.25, 0.3) is 0 Å². The van der Waals surface area contributed by atoms with E-state index in [0.29, 0.717) is 19.3 Å². The summed E-state index contributed by atoms with van der Waals surface area (Å²) in [5.41, 5.74) is -1.01. The number of amides is 2. The summed E-state index contributed by atoms with van der Waals surface area (Å²) in [5, 5.41) is 8.79. The van der Waals surface area contributed by atoms with E-state index in [-0.39, 0.29) is 11.8 Å². The first kappa shape index (κ1) is 9.72. The van der Waals surface area contributed by atoms with Gasteiger partial charge in [0.1, 0.15) is 5.54 Å². The SMILES string of the molecule is CC(C)(C#N)N1C(=O)CCCC1=O. The second-order valence-electron chi connectivity index (χ2n) is 3.65. The topological polar surface area (TPSA) is 61.2 Å². The Balaban J connectivity index is 2.94. The molecule has 0 aromatic heterocycles. The fourth-order valence-electron chi connectivity index (χ4n) is 1.43. The third-order valence-electron chi connectivity index (χ3n) is 2.11. The molecule has 13 heavy (non-hydrogen) atoms. The largest absolute Gasteiger partial charge is 0.274 e. The van der Waals surface area contributed by atoms with E-state index in [1.165, 1.54) is 0 Å². The van der Waals surface area contributed by atoms with Gasteiger partial charge in [0.2, 0.25) is 11.8 Å². The van der Waals surface area contributed by atoms with Gasteiger partial charge in [-0.25, -0.2) is 0 Å². The molecule has 0 aromatic rings. The lowest BCUT2D eigenvalue weighted by atomic mass is 9.99. The number of nitrogens with zero attached hydrogens (tertiary/aromatic N) is 2. The number of piperidine rings is 1. The van der Waals surface area contributed by atoms with Crippen LogP contribution in [0.4, 0.5) is 0 Å². The highest BCUT2D eigenvalue weighted by molar-refractivity contribution is 5.98. The number of hydrogen-bond acceptors (Lipinski definition) is 3. The van der Waals surface area contributed by atoms with Crippen molar-refractivity contribution in [3.63, 3.8) is 0 Å². The molecule has 2 amide bonds. The number of carbonyl (C=O) groups is 2. The molecule has 70 valence electrons. The number of imide groups is 1. The highest BCUT2D eigenvalue weighted by atomic mass is 16.2. The van der Waals surface area contributed by atoms with Gasteiger partial charge in [-0.05, 0) is 20.3 Å². The van der Waals surface area contributed by atoms with Gasteiger partial charge in [-0.2, -0.15) is 5.26 Å². The Hall–Kier alpha value is -1.37. The third kappa shape index (κ3) is 1.69. The number of nitriles is 1. The Labute approximate surface area is 77.1 Å². The van der Waals surface area contributed by atoms with Crippen LogP contribution in [0.25, 0.3) is 0 Å². The zero-order chi connectivity index (χ0) is 10.1. The molecule has 1 rings (SSSR count). The fraction of sp³-hybridized carbons (Fsp3) is 0.667. The molecule has 1 fully saturated rings. The van der Waals surface area contributed by atoms with E-state index in [2.05, 4.69) is 0 Å². The molecule has 0 bridgehead atoms. The summed E-state index contributed by atoms with van der Waals surface area (Å²) in [5.74, 6) is -0.467. The predicted octanol–water partition coefficient (Wildman–Crippen LogP) is 0.828. The minimum atomic E-state index is -1.01. The molecule has 0 spiro atoms. The molecule has 0 N–H and O–H groups in total. The van der Waals surface area contributed by atoms with E-state index in [1.54, 1.807) is 13.8 Å². The van der Waals surface area contributed by atoms with Gasteiger partial charge in [0.05, 0.1) is 6.07 Å². The summed E-state index contributed by atoms with van der Waals surface area (Å²) in [7, 11) is 0. The Morgan fingerprint density at radius 1 is 1.31 bits per heavy atom. The highest BCUT2D eigenvalue weighted by Gasteiger charge is 2.37. The normalized spacial score (nSPS) is 18.7. The van der Waals surface area contributed by atoms with E-state index in [4.69, 9.17) is 5.26 Å². The Kier molecular flexibility index (Phi) is 2.37. The summed E-state index contributed by atoms with van der Waals surface area (Å²) in [6.45, 7) is 3.16. The third-order valence-corrected chi connectivity index (χ3v) is 2.11. The second-order valence-corrected chi connectivity index (χ2v) is 3.65. The maximum Gasteiger partial charge on any atom is 0.230 e. The van der Waals surface area contributed by atoms with Crippen LogP contribution >= 0.6 is 0 Å². The average molecular weight is 180 g/mol. The highest BCUT2D eigenvalue weighted by Crippen LogP contribution is 2.21. The van der Waals surface area contributed by atoms with Crippen LogP contribution < -0.4 is 0 Å². The van der Waals surface area contributed by atoms with Crippen LogP contribution in [0.3, 0.4) is 0 Å². The van der Waals surface area contributed by atoms with Crippen LogP contribution in [0.15, 0.2) is 0 Å². The first-order valence-corrected chi connectivity index (χ1v) is 4.26. The van der Waals surface area contributed by atoms with Gasteiger partial charge >= 0.3 is 0 Å². The molecule has 0 radical (unpaired) electrons. The first-order valence-electron chi connectivity index (χ1n) is 4.26. The van der Waals surface area contributed by atoms with E-state index in [9.17, 15) is 9.59 Å². The van der Waals surface area contributed by atoms with E-state index >= 15 is 0 Å². The minimum absolute atomic E-state index is 0.234. The molecule has 1 aliphatic rings. The standard InChI is InChI=1S/C9H12N2O2/c1-9(2,6-10)11-7(12)4-3-5-8(11)13/h3-5H2,1-2H3. The lowest BCUT2D eigenvalue weighted by Gasteiger charge is -2.33. The molecule has 0 aromatic carbocycles. The molecule has 1 heterocycles. The Bertz CT molecular complexity index is 272. The number of rotatable bonds is 1. The zero-order valence-electron chi connectivity index (χ0n) is 7.83. The summed E-state index contributed by atoms with van der Waals surface area (Å²) in [4.78, 5) is 23.8. The van der Waals surface area contributed by atoms with Gasteiger partial charge in [-0.1, -0.05) is 0 Å². The molecule has 0 atom stereocenters. The number of carbonyl (C=O) groups excluding carboxylic acids is 2. The smallest absolute Gasteiger partial charge is 0.230 e. The Morgan fingerprint density at radius 2 is 1.77 bits per heavy atom. The molecule has 4 nitrogen and oxygen atoms in total. The lowest BCUT2D eigenvalue weighted by molar-refractivity contribution is -0.152. The van der Waals surface area contributed by atoms with Crippen molar-refractivity contribution in [3.05, 3.63) is 0 Å². The fourth-order valence-corrected chi connectivity index (χ4v) is 1.43. The van der Waals surface area contributed by atoms with Crippen molar-refractivity contribution < 1.29 is 9.59 Å². The van der Waals surface area contributed by atoms with Gasteiger partial charge < -0.3 is 0 Å². The van der Waals surface area contributed by atoms with Crippen LogP contribution in [-0.2, 0) is 9.59 Å². The molecule has 0 aliphatic carbocycles. The Morgan fingerprint density at radius 3 is 2.15 bits per heavy atom. The van der Waals surface area contributed by atoms with Gasteiger partial charge in [-0.15, -0.1) is 0 Å². The van der Waals surface area contributed by atoms with Crippen molar-refractivity contribution in [3.8, 4) is 6.07 Å². The monoisotopic (exact) mass is 180 g/mol. The maximum absolute atomic E-state index is 11.4. The average Bonchev–Trinajstić information content (AvgIpc) is 2.03. The molecule has 1 aliphatic heterocycles. The van der Waals surface area contributed by atoms with Crippen molar-refractivity contribution in [1.82, 2.24) is 4.90 Å². The molecular formula is C9H12N2O2. The van der Waals surface area contributed by atoms with E-state index in [1.807, 2.05) is 6.07 Å². The van der Waals surface area contributed by atoms with Crippen molar-refractivity contribution >= 4 is 11.8 Å². The molecular weight excluding hydrogens is 168 g/mol. The van der Waals surface area contributed by atoms with Crippen LogP contribution in [0, 0.1) is 11.3 Å². The molecule has 1 saturated heterocycles. The van der Waals surface area contributed by atoms with Crippen LogP contribution in [0.1, 0.15) is 33.1 Å². The quantitative estimate of drug-likeness (QED) is 0.561. The van der Waals surface area contributed by atoms with Gasteiger partial charge in [-0.3, -0.25) is 14.5 Å². The van der Waals surface area contributed by atoms with Crippen molar-refractivity contribution in [2.75, 3.05) is 0 Å². The molecule has 0 saturated carbocycles. The van der Waals surface area contributed by atoms with E-state index < -0.39 is 5.54 Å². The lowest BCUT2D eigenvalue weighted by Crippen LogP contribution is -2.52. The summed E-state index contributed by atoms with van der Waals surface area (Å²) in [6, 6.07) is 1.96. The summed E-state index contributed by atoms with van der Waals surface area (Å²) < 4.78 is 0. The van der Waals surface area contributed by atoms with Crippen molar-refractivity contribution in [1.29, 1.82) is 5.26 Å². The summed E-state index contributed by atoms with van der Waals surface area (Å²) in [6.07, 6.45) is 1.35. The van der Waals surface area contributed by atoms with Crippen molar-refractivity contribution in [2.24, 2.45) is 0 Å². The van der Waals surface area contributed by atoms with Gasteiger partial charge in [0, 0.05) is 12.8 Å². The van der Waals surface area contributed by atoms with E-state index in [0.717, 1.165) is 4.90 Å². The minimum Gasteiger partial charge on any atom is -0.274 e. The van der Waals surface area contributed by atoms with Crippen LogP contribution in [-0.4, -0.2) is 22.3 Å². The second kappa shape index (κ2) is 3.17. The maximum atomic E-state index is 11.4. The number of hydrogen-bond donors (Lipinski definition) is 0. The predicted molar refractivity (Wildman–Crippen MR) is 45.4 cm³/mol. The first-order chi connectivity index (χ1) is 5.99. The molecule has 4 heteroatoms. The molecule has 0 unspecified atom stereocenters. The van der Waals surface area contributed by atoms with Crippen LogP contribution in [0.2, 0.25) is 0 Å². The van der Waals surface area contributed by atoms with Crippen molar-refractivity contribution in [2.45, 2.75) is 38.6 Å². The summed E-state index contributed by atoms with van der Waals surface area (Å²) >= 11 is 0.